The van der Waals surface area contributed by atoms with Gasteiger partial charge in [0.1, 0.15) is 6.10 Å². The van der Waals surface area contributed by atoms with Gasteiger partial charge in [-0.1, -0.05) is 20.8 Å². The van der Waals surface area contributed by atoms with Gasteiger partial charge in [-0.15, -0.1) is 0 Å². The lowest BCUT2D eigenvalue weighted by molar-refractivity contribution is -0.0194. The largest absolute Gasteiger partial charge is 0.390 e. The van der Waals surface area contributed by atoms with Crippen molar-refractivity contribution in [3.8, 4) is 0 Å². The first-order chi connectivity index (χ1) is 7.88. The molecule has 1 aromatic heterocycles. The summed E-state index contributed by atoms with van der Waals surface area (Å²) in [7, 11) is 0. The number of hydrogen-bond acceptors (Lipinski definition) is 4. The summed E-state index contributed by atoms with van der Waals surface area (Å²) in [6, 6.07) is 1.79. The first-order valence-electron chi connectivity index (χ1n) is 5.95. The highest BCUT2D eigenvalue weighted by atomic mass is 16.5. The Hall–Kier alpha value is -1.00. The number of aliphatic hydroxyl groups is 1. The van der Waals surface area contributed by atoms with E-state index < -0.39 is 0 Å². The molecule has 0 aliphatic rings. The van der Waals surface area contributed by atoms with Crippen LogP contribution in [0.3, 0.4) is 0 Å². The van der Waals surface area contributed by atoms with E-state index in [0.717, 1.165) is 5.69 Å². The molecule has 0 saturated heterocycles. The SMILES string of the molecule is CCOC(c1nc(C)cc(CO)n1)C(C)(C)C. The van der Waals surface area contributed by atoms with E-state index in [-0.39, 0.29) is 18.1 Å². The van der Waals surface area contributed by atoms with Gasteiger partial charge in [0.25, 0.3) is 0 Å². The molecule has 0 amide bonds. The van der Waals surface area contributed by atoms with Crippen LogP contribution in [0.2, 0.25) is 0 Å². The molecular weight excluding hydrogens is 216 g/mol. The van der Waals surface area contributed by atoms with Crippen molar-refractivity contribution in [3.63, 3.8) is 0 Å². The van der Waals surface area contributed by atoms with Crippen LogP contribution in [-0.2, 0) is 11.3 Å². The third-order valence-electron chi connectivity index (χ3n) is 2.44. The second-order valence-corrected chi connectivity index (χ2v) is 5.22. The molecule has 0 aromatic carbocycles. The van der Waals surface area contributed by atoms with Gasteiger partial charge in [-0.25, -0.2) is 9.97 Å². The molecular formula is C13H22N2O2. The maximum Gasteiger partial charge on any atom is 0.158 e. The van der Waals surface area contributed by atoms with Gasteiger partial charge in [-0.2, -0.15) is 0 Å². The number of ether oxygens (including phenoxy) is 1. The molecule has 17 heavy (non-hydrogen) atoms. The van der Waals surface area contributed by atoms with Gasteiger partial charge in [0, 0.05) is 12.3 Å². The van der Waals surface area contributed by atoms with Gasteiger partial charge in [-0.05, 0) is 25.3 Å². The predicted octanol–water partition coefficient (Wildman–Crippen LogP) is 2.40. The number of hydrogen-bond donors (Lipinski definition) is 1. The van der Waals surface area contributed by atoms with Crippen LogP contribution in [0.15, 0.2) is 6.07 Å². The predicted molar refractivity (Wildman–Crippen MR) is 66.5 cm³/mol. The summed E-state index contributed by atoms with van der Waals surface area (Å²) in [5.41, 5.74) is 1.42. The highest BCUT2D eigenvalue weighted by Crippen LogP contribution is 2.34. The van der Waals surface area contributed by atoms with Crippen molar-refractivity contribution in [2.45, 2.75) is 47.3 Å². The molecule has 0 saturated carbocycles. The molecule has 0 aliphatic carbocycles. The third kappa shape index (κ3) is 3.75. The summed E-state index contributed by atoms with van der Waals surface area (Å²) in [5.74, 6) is 0.656. The maximum absolute atomic E-state index is 9.17. The van der Waals surface area contributed by atoms with Crippen molar-refractivity contribution in [1.29, 1.82) is 0 Å². The zero-order valence-electron chi connectivity index (χ0n) is 11.3. The summed E-state index contributed by atoms with van der Waals surface area (Å²) in [6.45, 7) is 10.7. The Morgan fingerprint density at radius 1 is 1.35 bits per heavy atom. The van der Waals surface area contributed by atoms with Gasteiger partial charge in [0.15, 0.2) is 5.82 Å². The number of rotatable bonds is 4. The molecule has 4 nitrogen and oxygen atoms in total. The van der Waals surface area contributed by atoms with E-state index in [1.54, 1.807) is 6.07 Å². The van der Waals surface area contributed by atoms with Crippen molar-refractivity contribution >= 4 is 0 Å². The van der Waals surface area contributed by atoms with Crippen molar-refractivity contribution in [2.24, 2.45) is 5.41 Å². The van der Waals surface area contributed by atoms with Crippen LogP contribution in [0.25, 0.3) is 0 Å². The van der Waals surface area contributed by atoms with Crippen molar-refractivity contribution < 1.29 is 9.84 Å². The Morgan fingerprint density at radius 3 is 2.47 bits per heavy atom. The van der Waals surface area contributed by atoms with Crippen LogP contribution in [0, 0.1) is 12.3 Å². The fraction of sp³-hybridized carbons (Fsp3) is 0.692. The summed E-state index contributed by atoms with van der Waals surface area (Å²) in [6.07, 6.45) is -0.155. The molecule has 1 unspecified atom stereocenters. The molecule has 0 bridgehead atoms. The minimum Gasteiger partial charge on any atom is -0.390 e. The summed E-state index contributed by atoms with van der Waals surface area (Å²) in [5, 5.41) is 9.17. The Bertz CT molecular complexity index is 372. The first-order valence-corrected chi connectivity index (χ1v) is 5.95. The standard InChI is InChI=1S/C13H22N2O2/c1-6-17-11(13(3,4)5)12-14-9(2)7-10(8-16)15-12/h7,11,16H,6,8H2,1-5H3. The quantitative estimate of drug-likeness (QED) is 0.875. The summed E-state index contributed by atoms with van der Waals surface area (Å²) in [4.78, 5) is 8.77. The van der Waals surface area contributed by atoms with E-state index in [4.69, 9.17) is 9.84 Å². The molecule has 0 fully saturated rings. The van der Waals surface area contributed by atoms with E-state index in [1.807, 2.05) is 13.8 Å². The van der Waals surface area contributed by atoms with Gasteiger partial charge >= 0.3 is 0 Å². The van der Waals surface area contributed by atoms with Crippen molar-refractivity contribution in [1.82, 2.24) is 9.97 Å². The van der Waals surface area contributed by atoms with E-state index in [1.165, 1.54) is 0 Å². The van der Waals surface area contributed by atoms with E-state index >= 15 is 0 Å². The molecule has 4 heteroatoms. The van der Waals surface area contributed by atoms with Crippen LogP contribution in [0.4, 0.5) is 0 Å². The van der Waals surface area contributed by atoms with Crippen LogP contribution in [-0.4, -0.2) is 21.7 Å². The molecule has 1 aromatic rings. The molecule has 1 rings (SSSR count). The van der Waals surface area contributed by atoms with E-state index in [9.17, 15) is 0 Å². The lowest BCUT2D eigenvalue weighted by atomic mass is 9.88. The Kier molecular flexibility index (Phi) is 4.60. The average molecular weight is 238 g/mol. The van der Waals surface area contributed by atoms with Crippen LogP contribution in [0.1, 0.15) is 51.0 Å². The van der Waals surface area contributed by atoms with Crippen LogP contribution in [0.5, 0.6) is 0 Å². The highest BCUT2D eigenvalue weighted by molar-refractivity contribution is 5.11. The van der Waals surface area contributed by atoms with Crippen LogP contribution >= 0.6 is 0 Å². The zero-order valence-corrected chi connectivity index (χ0v) is 11.3. The van der Waals surface area contributed by atoms with E-state index in [0.29, 0.717) is 18.1 Å². The molecule has 0 radical (unpaired) electrons. The smallest absolute Gasteiger partial charge is 0.158 e. The molecule has 0 aliphatic heterocycles. The Morgan fingerprint density at radius 2 is 2.00 bits per heavy atom. The van der Waals surface area contributed by atoms with Gasteiger partial charge in [0.05, 0.1) is 12.3 Å². The fourth-order valence-corrected chi connectivity index (χ4v) is 1.74. The Labute approximate surface area is 103 Å². The normalized spacial score (nSPS) is 13.8. The maximum atomic E-state index is 9.17. The minimum absolute atomic E-state index is 0.0701. The monoisotopic (exact) mass is 238 g/mol. The molecule has 96 valence electrons. The average Bonchev–Trinajstić information content (AvgIpc) is 2.23. The first kappa shape index (κ1) is 14.1. The number of aliphatic hydroxyl groups excluding tert-OH is 1. The van der Waals surface area contributed by atoms with Gasteiger partial charge < -0.3 is 9.84 Å². The third-order valence-corrected chi connectivity index (χ3v) is 2.44. The van der Waals surface area contributed by atoms with Gasteiger partial charge in [0.2, 0.25) is 0 Å². The number of aryl methyl sites for hydroxylation is 1. The lowest BCUT2D eigenvalue weighted by Crippen LogP contribution is -2.24. The van der Waals surface area contributed by atoms with Crippen LogP contribution < -0.4 is 0 Å². The second kappa shape index (κ2) is 5.56. The topological polar surface area (TPSA) is 55.2 Å². The van der Waals surface area contributed by atoms with E-state index in [2.05, 4.69) is 30.7 Å². The molecule has 0 spiro atoms. The second-order valence-electron chi connectivity index (χ2n) is 5.22. The summed E-state index contributed by atoms with van der Waals surface area (Å²) >= 11 is 0. The van der Waals surface area contributed by atoms with Crippen molar-refractivity contribution in [3.05, 3.63) is 23.3 Å². The molecule has 1 N–H and O–H groups in total. The zero-order chi connectivity index (χ0) is 13.1. The number of nitrogens with zero attached hydrogens (tertiary/aromatic N) is 2. The fourth-order valence-electron chi connectivity index (χ4n) is 1.74. The minimum atomic E-state index is -0.155. The van der Waals surface area contributed by atoms with Crippen molar-refractivity contribution in [2.75, 3.05) is 6.61 Å². The Balaban J connectivity index is 3.13. The summed E-state index contributed by atoms with van der Waals surface area (Å²) < 4.78 is 5.74. The lowest BCUT2D eigenvalue weighted by Gasteiger charge is -2.29. The molecule has 1 atom stereocenters. The van der Waals surface area contributed by atoms with Gasteiger partial charge in [-0.3, -0.25) is 0 Å². The highest BCUT2D eigenvalue weighted by Gasteiger charge is 2.29. The number of aromatic nitrogens is 2. The molecule has 1 heterocycles.